The maximum absolute atomic E-state index is 13.1. The molecule has 0 saturated carbocycles. The number of hydrogen-bond donors (Lipinski definition) is 0. The first-order chi connectivity index (χ1) is 15.5. The van der Waals surface area contributed by atoms with Crippen LogP contribution < -0.4 is 5.56 Å². The average Bonchev–Trinajstić information content (AvgIpc) is 3.44. The number of hydrogen-bond acceptors (Lipinski definition) is 5. The maximum Gasteiger partial charge on any atom is 0.289 e. The first-order valence-corrected chi connectivity index (χ1v) is 11.3. The zero-order valence-corrected chi connectivity index (χ0v) is 18.6. The predicted octanol–water partition coefficient (Wildman–Crippen LogP) is 3.59. The Morgan fingerprint density at radius 3 is 2.66 bits per heavy atom. The van der Waals surface area contributed by atoms with Crippen molar-refractivity contribution in [1.82, 2.24) is 19.4 Å². The Balaban J connectivity index is 1.36. The fourth-order valence-corrected chi connectivity index (χ4v) is 4.81. The van der Waals surface area contributed by atoms with Crippen molar-refractivity contribution in [3.05, 3.63) is 69.7 Å². The summed E-state index contributed by atoms with van der Waals surface area (Å²) in [6, 6.07) is 9.44. The average molecular weight is 433 g/mol. The van der Waals surface area contributed by atoms with E-state index in [0.29, 0.717) is 36.5 Å². The Morgan fingerprint density at radius 1 is 1.12 bits per heavy atom. The zero-order chi connectivity index (χ0) is 22.2. The SMILES string of the molecule is Cc1oc(C(=O)N2CC=C(n3c(C)nc(=O)c4ccccc43)CC2)cc1CN1CCCC1. The molecule has 1 amide bonds. The Kier molecular flexibility index (Phi) is 5.43. The molecular formula is C25H28N4O3. The van der Waals surface area contributed by atoms with E-state index >= 15 is 0 Å². The van der Waals surface area contributed by atoms with E-state index in [0.717, 1.165) is 42.2 Å². The number of furan rings is 1. The van der Waals surface area contributed by atoms with Gasteiger partial charge in [0.25, 0.3) is 11.5 Å². The van der Waals surface area contributed by atoms with Crippen molar-refractivity contribution >= 4 is 22.5 Å². The van der Waals surface area contributed by atoms with E-state index in [-0.39, 0.29) is 11.5 Å². The van der Waals surface area contributed by atoms with Gasteiger partial charge in [-0.1, -0.05) is 12.1 Å². The normalized spacial score (nSPS) is 17.2. The van der Waals surface area contributed by atoms with E-state index < -0.39 is 0 Å². The number of amides is 1. The van der Waals surface area contributed by atoms with Crippen LogP contribution in [-0.4, -0.2) is 51.4 Å². The van der Waals surface area contributed by atoms with Crippen molar-refractivity contribution in [2.24, 2.45) is 0 Å². The molecule has 0 N–H and O–H groups in total. The first kappa shape index (κ1) is 20.7. The number of likely N-dealkylation sites (tertiary alicyclic amines) is 1. The van der Waals surface area contributed by atoms with Crippen molar-refractivity contribution in [2.75, 3.05) is 26.2 Å². The highest BCUT2D eigenvalue weighted by Crippen LogP contribution is 2.25. The highest BCUT2D eigenvalue weighted by molar-refractivity contribution is 5.92. The van der Waals surface area contributed by atoms with Crippen molar-refractivity contribution in [3.63, 3.8) is 0 Å². The minimum absolute atomic E-state index is 0.0734. The van der Waals surface area contributed by atoms with Gasteiger partial charge in [-0.05, 0) is 64.1 Å². The van der Waals surface area contributed by atoms with Crippen molar-refractivity contribution < 1.29 is 9.21 Å². The van der Waals surface area contributed by atoms with Gasteiger partial charge in [0, 0.05) is 37.3 Å². The lowest BCUT2D eigenvalue weighted by molar-refractivity contribution is 0.0739. The van der Waals surface area contributed by atoms with Gasteiger partial charge in [-0.15, -0.1) is 0 Å². The molecule has 1 aromatic carbocycles. The molecular weight excluding hydrogens is 404 g/mol. The lowest BCUT2D eigenvalue weighted by Gasteiger charge is -2.27. The van der Waals surface area contributed by atoms with Gasteiger partial charge >= 0.3 is 0 Å². The molecule has 2 aliphatic rings. The summed E-state index contributed by atoms with van der Waals surface area (Å²) in [5.41, 5.74) is 2.80. The molecule has 7 nitrogen and oxygen atoms in total. The van der Waals surface area contributed by atoms with Crippen LogP contribution in [0.25, 0.3) is 16.6 Å². The first-order valence-electron chi connectivity index (χ1n) is 11.3. The number of carbonyl (C=O) groups excluding carboxylic acids is 1. The quantitative estimate of drug-likeness (QED) is 0.630. The molecule has 1 saturated heterocycles. The van der Waals surface area contributed by atoms with Crippen molar-refractivity contribution in [1.29, 1.82) is 0 Å². The number of aryl methyl sites for hydroxylation is 2. The summed E-state index contributed by atoms with van der Waals surface area (Å²) < 4.78 is 7.88. The third-order valence-electron chi connectivity index (χ3n) is 6.55. The molecule has 0 spiro atoms. The molecule has 7 heteroatoms. The lowest BCUT2D eigenvalue weighted by Crippen LogP contribution is -2.35. The molecule has 4 heterocycles. The molecule has 2 aromatic heterocycles. The fourth-order valence-electron chi connectivity index (χ4n) is 4.81. The standard InChI is InChI=1S/C25H28N4O3/c1-17-19(16-27-11-5-6-12-27)15-23(32-17)25(31)28-13-9-20(10-14-28)29-18(2)26-24(30)21-7-3-4-8-22(21)29/h3-4,7-9,15H,5-6,10-14,16H2,1-2H3. The summed E-state index contributed by atoms with van der Waals surface area (Å²) >= 11 is 0. The van der Waals surface area contributed by atoms with Gasteiger partial charge in [0.05, 0.1) is 10.9 Å². The van der Waals surface area contributed by atoms with Crippen molar-refractivity contribution in [2.45, 2.75) is 39.7 Å². The smallest absolute Gasteiger partial charge is 0.289 e. The Hall–Kier alpha value is -3.19. The molecule has 3 aromatic rings. The van der Waals surface area contributed by atoms with Crippen LogP contribution in [0, 0.1) is 13.8 Å². The van der Waals surface area contributed by atoms with E-state index in [9.17, 15) is 9.59 Å². The second-order valence-corrected chi connectivity index (χ2v) is 8.69. The van der Waals surface area contributed by atoms with Crippen LogP contribution in [0.3, 0.4) is 0 Å². The van der Waals surface area contributed by atoms with Crippen LogP contribution in [0.2, 0.25) is 0 Å². The molecule has 0 bridgehead atoms. The number of carbonyl (C=O) groups is 1. The van der Waals surface area contributed by atoms with E-state index in [1.807, 2.05) is 53.7 Å². The van der Waals surface area contributed by atoms with Gasteiger partial charge in [0.15, 0.2) is 5.76 Å². The second-order valence-electron chi connectivity index (χ2n) is 8.69. The van der Waals surface area contributed by atoms with E-state index in [1.54, 1.807) is 6.07 Å². The predicted molar refractivity (Wildman–Crippen MR) is 123 cm³/mol. The van der Waals surface area contributed by atoms with E-state index in [2.05, 4.69) is 9.88 Å². The van der Waals surface area contributed by atoms with Crippen LogP contribution in [-0.2, 0) is 6.54 Å². The molecule has 0 aliphatic carbocycles. The third kappa shape index (κ3) is 3.77. The summed E-state index contributed by atoms with van der Waals surface area (Å²) in [6.07, 6.45) is 5.21. The van der Waals surface area contributed by atoms with Gasteiger partial charge in [0.1, 0.15) is 11.6 Å². The van der Waals surface area contributed by atoms with E-state index in [4.69, 9.17) is 4.42 Å². The number of fused-ring (bicyclic) bond motifs is 1. The Bertz CT molecular complexity index is 1260. The topological polar surface area (TPSA) is 71.6 Å². The maximum atomic E-state index is 13.1. The highest BCUT2D eigenvalue weighted by Gasteiger charge is 2.25. The van der Waals surface area contributed by atoms with Gasteiger partial charge in [-0.3, -0.25) is 14.5 Å². The molecule has 2 aliphatic heterocycles. The third-order valence-corrected chi connectivity index (χ3v) is 6.55. The molecule has 0 unspecified atom stereocenters. The largest absolute Gasteiger partial charge is 0.456 e. The van der Waals surface area contributed by atoms with Crippen LogP contribution >= 0.6 is 0 Å². The minimum atomic E-state index is -0.208. The summed E-state index contributed by atoms with van der Waals surface area (Å²) in [5.74, 6) is 1.83. The van der Waals surface area contributed by atoms with Crippen LogP contribution in [0.15, 0.2) is 45.6 Å². The van der Waals surface area contributed by atoms with Crippen LogP contribution in [0.1, 0.15) is 47.0 Å². The molecule has 1 fully saturated rings. The monoisotopic (exact) mass is 432 g/mol. The van der Waals surface area contributed by atoms with Gasteiger partial charge in [-0.25, -0.2) is 0 Å². The molecule has 0 atom stereocenters. The highest BCUT2D eigenvalue weighted by atomic mass is 16.4. The molecule has 166 valence electrons. The fraction of sp³-hybridized carbons (Fsp3) is 0.400. The summed E-state index contributed by atoms with van der Waals surface area (Å²) in [6.45, 7) is 7.94. The lowest BCUT2D eigenvalue weighted by atomic mass is 10.1. The Morgan fingerprint density at radius 2 is 1.91 bits per heavy atom. The zero-order valence-electron chi connectivity index (χ0n) is 18.6. The van der Waals surface area contributed by atoms with E-state index in [1.165, 1.54) is 12.8 Å². The van der Waals surface area contributed by atoms with Crippen LogP contribution in [0.5, 0.6) is 0 Å². The van der Waals surface area contributed by atoms with Crippen molar-refractivity contribution in [3.8, 4) is 0 Å². The molecule has 0 radical (unpaired) electrons. The Labute approximate surface area is 186 Å². The van der Waals surface area contributed by atoms with Gasteiger partial charge in [0.2, 0.25) is 0 Å². The number of benzene rings is 1. The summed E-state index contributed by atoms with van der Waals surface area (Å²) in [7, 11) is 0. The summed E-state index contributed by atoms with van der Waals surface area (Å²) in [5, 5.41) is 0.606. The molecule has 5 rings (SSSR count). The van der Waals surface area contributed by atoms with Crippen LogP contribution in [0.4, 0.5) is 0 Å². The number of para-hydroxylation sites is 1. The number of rotatable bonds is 4. The van der Waals surface area contributed by atoms with Gasteiger partial charge in [-0.2, -0.15) is 4.98 Å². The number of aromatic nitrogens is 2. The molecule has 32 heavy (non-hydrogen) atoms. The second kappa shape index (κ2) is 8.39. The minimum Gasteiger partial charge on any atom is -0.456 e. The number of nitrogens with zero attached hydrogens (tertiary/aromatic N) is 4. The van der Waals surface area contributed by atoms with Gasteiger partial charge < -0.3 is 13.9 Å². The summed E-state index contributed by atoms with van der Waals surface area (Å²) in [4.78, 5) is 33.8.